The van der Waals surface area contributed by atoms with Gasteiger partial charge in [-0.2, -0.15) is 0 Å². The molecule has 0 spiro atoms. The van der Waals surface area contributed by atoms with Gasteiger partial charge in [-0.25, -0.2) is 5.48 Å². The van der Waals surface area contributed by atoms with Crippen molar-refractivity contribution in [1.82, 2.24) is 15.7 Å². The fraction of sp³-hybridized carbons (Fsp3) is 0.667. The molecule has 211 valence electrons. The minimum absolute atomic E-state index is 0. The molecule has 0 aromatic heterocycles. The third-order valence-corrected chi connectivity index (χ3v) is 7.21. The number of hydroxylamine groups is 1. The molecule has 4 atom stereocenters. The van der Waals surface area contributed by atoms with Crippen LogP contribution in [-0.4, -0.2) is 91.2 Å². The molecule has 1 aromatic rings. The van der Waals surface area contributed by atoms with Crippen molar-refractivity contribution in [1.29, 1.82) is 0 Å². The Bertz CT molecular complexity index is 863. The largest absolute Gasteiger partial charge is 1.00 e. The standard InChI is InChI=1S/C13H13BNO3.C7H17NO3.C7H12NO.K/c16-7-11-2-1-5-15(11)13(17)9-3-4-10-8-18-14-12(10)6-9;9-5-3-1-2-4-7(6-10)8-11;1-8-7-4-2-3-6(7)5-9;/h3-4,6-7,11H,1-2,5,8H2;7-11H,1-6H2;6-8H,2-4H2,1H3;/q;;-1;+1/t;7-;;/m.1../s1. The summed E-state index contributed by atoms with van der Waals surface area (Å²) in [5, 5.41) is 28.6. The third kappa shape index (κ3) is 12.1. The fourth-order valence-electron chi connectivity index (χ4n) is 4.86. The number of aliphatic hydroxyl groups excluding tert-OH is 2. The molecule has 2 heterocycles. The van der Waals surface area contributed by atoms with Crippen molar-refractivity contribution in [2.24, 2.45) is 5.92 Å². The zero-order chi connectivity index (χ0) is 27.8. The third-order valence-electron chi connectivity index (χ3n) is 7.21. The van der Waals surface area contributed by atoms with E-state index in [-0.39, 0.29) is 88.5 Å². The first kappa shape index (κ1) is 36.5. The zero-order valence-corrected chi connectivity index (χ0v) is 26.4. The van der Waals surface area contributed by atoms with E-state index in [1.54, 1.807) is 12.4 Å². The van der Waals surface area contributed by atoms with Crippen LogP contribution >= 0.6 is 0 Å². The van der Waals surface area contributed by atoms with Crippen LogP contribution in [0.4, 0.5) is 0 Å². The molecule has 12 heteroatoms. The number of nitrogens with zero attached hydrogens (tertiary/aromatic N) is 1. The summed E-state index contributed by atoms with van der Waals surface area (Å²) in [4.78, 5) is 35.1. The van der Waals surface area contributed by atoms with Crippen LogP contribution in [0, 0.1) is 5.92 Å². The van der Waals surface area contributed by atoms with E-state index < -0.39 is 0 Å². The van der Waals surface area contributed by atoms with Gasteiger partial charge >= 0.3 is 58.9 Å². The Balaban J connectivity index is 0.000000314. The Morgan fingerprint density at radius 1 is 1.23 bits per heavy atom. The van der Waals surface area contributed by atoms with Gasteiger partial charge in [0.05, 0.1) is 25.3 Å². The van der Waals surface area contributed by atoms with Crippen LogP contribution < -0.4 is 67.6 Å². The maximum Gasteiger partial charge on any atom is 1.00 e. The molecule has 1 radical (unpaired) electrons. The fourth-order valence-corrected chi connectivity index (χ4v) is 4.86. The maximum absolute atomic E-state index is 12.3. The minimum atomic E-state index is -0.258. The van der Waals surface area contributed by atoms with E-state index in [0.717, 1.165) is 68.7 Å². The van der Waals surface area contributed by atoms with E-state index in [1.165, 1.54) is 6.42 Å². The Labute approximate surface area is 275 Å². The van der Waals surface area contributed by atoms with Crippen LogP contribution in [0.15, 0.2) is 18.2 Å². The smallest absolute Gasteiger partial charge is 0.541 e. The van der Waals surface area contributed by atoms with Crippen molar-refractivity contribution < 1.29 is 85.8 Å². The van der Waals surface area contributed by atoms with Crippen molar-refractivity contribution in [3.8, 4) is 0 Å². The summed E-state index contributed by atoms with van der Waals surface area (Å²) >= 11 is 0. The summed E-state index contributed by atoms with van der Waals surface area (Å²) in [5.74, 6) is 0.0997. The molecule has 3 unspecified atom stereocenters. The molecule has 2 aliphatic heterocycles. The van der Waals surface area contributed by atoms with Gasteiger partial charge in [-0.15, -0.1) is 5.92 Å². The molecule has 4 rings (SSSR count). The normalized spacial score (nSPS) is 21.7. The summed E-state index contributed by atoms with van der Waals surface area (Å²) in [6.45, 7) is 1.41. The predicted octanol–water partition coefficient (Wildman–Crippen LogP) is -2.37. The van der Waals surface area contributed by atoms with Crippen LogP contribution in [0.2, 0.25) is 0 Å². The number of aldehydes is 1. The molecule has 3 aliphatic rings. The molecule has 0 bridgehead atoms. The van der Waals surface area contributed by atoms with Gasteiger partial charge in [-0.3, -0.25) is 11.1 Å². The van der Waals surface area contributed by atoms with Crippen LogP contribution in [0.25, 0.3) is 0 Å². The molecule has 1 saturated carbocycles. The van der Waals surface area contributed by atoms with Gasteiger partial charge < -0.3 is 39.9 Å². The van der Waals surface area contributed by atoms with Gasteiger partial charge in [0.2, 0.25) is 0 Å². The molecule has 10 nitrogen and oxygen atoms in total. The monoisotopic (exact) mass is 570 g/mol. The Morgan fingerprint density at radius 2 is 2.03 bits per heavy atom. The van der Waals surface area contributed by atoms with Crippen molar-refractivity contribution in [2.45, 2.75) is 82.5 Å². The van der Waals surface area contributed by atoms with Crippen LogP contribution in [-0.2, 0) is 20.9 Å². The number of amides is 1. The summed E-state index contributed by atoms with van der Waals surface area (Å²) in [7, 11) is 3.58. The van der Waals surface area contributed by atoms with E-state index >= 15 is 0 Å². The van der Waals surface area contributed by atoms with Crippen LogP contribution in [0.1, 0.15) is 73.7 Å². The second-order valence-corrected chi connectivity index (χ2v) is 9.82. The number of benzene rings is 1. The van der Waals surface area contributed by atoms with E-state index in [2.05, 4.69) is 11.6 Å². The van der Waals surface area contributed by atoms with E-state index in [9.17, 15) is 14.4 Å². The molecule has 1 saturated heterocycles. The van der Waals surface area contributed by atoms with Gasteiger partial charge in [0.25, 0.3) is 5.91 Å². The van der Waals surface area contributed by atoms with E-state index in [1.807, 2.05) is 30.7 Å². The van der Waals surface area contributed by atoms with E-state index in [0.29, 0.717) is 24.8 Å². The average molecular weight is 571 g/mol. The van der Waals surface area contributed by atoms with Crippen molar-refractivity contribution in [3.05, 3.63) is 29.3 Å². The molecular formula is C27H42BKN3O7. The summed E-state index contributed by atoms with van der Waals surface area (Å²) in [6, 6.07) is 5.49. The Hall–Kier alpha value is -0.509. The molecular weight excluding hydrogens is 528 g/mol. The maximum atomic E-state index is 12.3. The van der Waals surface area contributed by atoms with Gasteiger partial charge in [0, 0.05) is 18.7 Å². The number of hydrogen-bond acceptors (Lipinski definition) is 9. The molecule has 39 heavy (non-hydrogen) atoms. The average Bonchev–Trinajstić information content (AvgIpc) is 3.73. The minimum Gasteiger partial charge on any atom is -0.541 e. The Morgan fingerprint density at radius 3 is 2.64 bits per heavy atom. The number of fused-ring (bicyclic) bond motifs is 1. The summed E-state index contributed by atoms with van der Waals surface area (Å²) in [5.41, 5.74) is 4.70. The second kappa shape index (κ2) is 21.2. The number of rotatable bonds is 11. The molecule has 1 amide bonds. The molecule has 1 aliphatic carbocycles. The first-order valence-corrected chi connectivity index (χ1v) is 13.5. The molecule has 5 N–H and O–H groups in total. The number of nitrogens with one attached hydrogen (secondary N) is 2. The van der Waals surface area contributed by atoms with Crippen molar-refractivity contribution >= 4 is 31.4 Å². The van der Waals surface area contributed by atoms with Crippen molar-refractivity contribution in [3.63, 3.8) is 0 Å². The van der Waals surface area contributed by atoms with Gasteiger partial charge in [-0.05, 0) is 62.3 Å². The number of hydrogen-bond donors (Lipinski definition) is 5. The van der Waals surface area contributed by atoms with E-state index in [4.69, 9.17) is 20.1 Å². The Kier molecular flexibility index (Phi) is 19.9. The molecule has 2 fully saturated rings. The summed E-state index contributed by atoms with van der Waals surface area (Å²) in [6.07, 6.45) is 11.3. The van der Waals surface area contributed by atoms with Gasteiger partial charge in [0.15, 0.2) is 0 Å². The number of carbonyl (C=O) groups excluding carboxylic acids is 3. The number of aliphatic hydroxyl groups is 2. The van der Waals surface area contributed by atoms with Crippen molar-refractivity contribution in [2.75, 3.05) is 26.8 Å². The topological polar surface area (TPSA) is 148 Å². The first-order valence-electron chi connectivity index (χ1n) is 13.5. The van der Waals surface area contributed by atoms with Gasteiger partial charge in [-0.1, -0.05) is 37.8 Å². The SMILES string of the molecule is CNC1CCCC1[C-]=O.O=CC1CCCN1C(=O)c1ccc2c(c1)[B]OC2.OCCCCC[C@H](CO)NO.[K+]. The number of carbonyl (C=O) groups is 2. The number of likely N-dealkylation sites (tertiary alicyclic amines) is 1. The van der Waals surface area contributed by atoms with Crippen LogP contribution in [0.5, 0.6) is 0 Å². The predicted molar refractivity (Wildman–Crippen MR) is 144 cm³/mol. The first-order chi connectivity index (χ1) is 18.5. The quantitative estimate of drug-likeness (QED) is 0.0648. The van der Waals surface area contributed by atoms with Gasteiger partial charge in [0.1, 0.15) is 6.29 Å². The second-order valence-electron chi connectivity index (χ2n) is 9.82. The summed E-state index contributed by atoms with van der Waals surface area (Å²) < 4.78 is 5.21. The number of unbranched alkanes of at least 4 members (excludes halogenated alkanes) is 2. The zero-order valence-electron chi connectivity index (χ0n) is 23.3. The van der Waals surface area contributed by atoms with Crippen LogP contribution in [0.3, 0.4) is 0 Å². The molecule has 1 aromatic carbocycles.